The van der Waals surface area contributed by atoms with Crippen LogP contribution in [0.15, 0.2) is 48.7 Å². The molecule has 0 aliphatic rings. The van der Waals surface area contributed by atoms with Crippen molar-refractivity contribution in [3.8, 4) is 23.1 Å². The van der Waals surface area contributed by atoms with E-state index in [1.54, 1.807) is 0 Å². The van der Waals surface area contributed by atoms with E-state index in [4.69, 9.17) is 9.47 Å². The smallest absolute Gasteiger partial charge is 0.419 e. The molecule has 1 amide bonds. The van der Waals surface area contributed by atoms with Crippen molar-refractivity contribution in [2.24, 2.45) is 0 Å². The van der Waals surface area contributed by atoms with Crippen molar-refractivity contribution < 1.29 is 49.4 Å². The van der Waals surface area contributed by atoms with Crippen molar-refractivity contribution in [2.75, 3.05) is 5.32 Å². The lowest BCUT2D eigenvalue weighted by atomic mass is 10.2. The van der Waals surface area contributed by atoms with Gasteiger partial charge >= 0.3 is 12.4 Å². The molecule has 0 bridgehead atoms. The summed E-state index contributed by atoms with van der Waals surface area (Å²) in [6.45, 7) is 1.06. The van der Waals surface area contributed by atoms with Crippen molar-refractivity contribution in [3.63, 3.8) is 0 Å². The largest absolute Gasteiger partial charge is 0.455 e. The number of nitrogens with zero attached hydrogens (tertiary/aromatic N) is 1. The minimum absolute atomic E-state index is 0.321. The number of benzene rings is 2. The highest BCUT2D eigenvalue weighted by Gasteiger charge is 2.35. The number of carbonyl (C=O) groups excluding carboxylic acids is 1. The van der Waals surface area contributed by atoms with Gasteiger partial charge in [0.05, 0.1) is 11.1 Å². The summed E-state index contributed by atoms with van der Waals surface area (Å²) >= 11 is 0. The standard InChI is InChI=1S/C21H12F8N2O3/c1-10(32)31-18-17(33-11-2-4-15(22)13(8-11)20(24,25)26)6-7-30-19(18)34-12-3-5-16(23)14(9-12)21(27,28)29/h2-9H,1H3,(H,31,32). The highest BCUT2D eigenvalue weighted by Crippen LogP contribution is 2.41. The van der Waals surface area contributed by atoms with Crippen LogP contribution in [0.3, 0.4) is 0 Å². The van der Waals surface area contributed by atoms with Gasteiger partial charge in [-0.1, -0.05) is 0 Å². The number of nitrogens with one attached hydrogen (secondary N) is 1. The zero-order valence-corrected chi connectivity index (χ0v) is 16.8. The van der Waals surface area contributed by atoms with Gasteiger partial charge in [0.25, 0.3) is 0 Å². The van der Waals surface area contributed by atoms with Crippen LogP contribution in [0.2, 0.25) is 0 Å². The van der Waals surface area contributed by atoms with Gasteiger partial charge in [0, 0.05) is 19.2 Å². The number of carbonyl (C=O) groups is 1. The maximum absolute atomic E-state index is 13.5. The number of halogens is 8. The molecule has 3 rings (SSSR count). The van der Waals surface area contributed by atoms with Crippen LogP contribution in [-0.2, 0) is 17.1 Å². The molecule has 180 valence electrons. The molecule has 0 fully saturated rings. The molecule has 0 spiro atoms. The number of anilines is 1. The first-order valence-corrected chi connectivity index (χ1v) is 9.11. The molecule has 1 N–H and O–H groups in total. The summed E-state index contributed by atoms with van der Waals surface area (Å²) in [6, 6.07) is 4.63. The average Bonchev–Trinajstić information content (AvgIpc) is 2.71. The van der Waals surface area contributed by atoms with Crippen molar-refractivity contribution in [1.82, 2.24) is 4.98 Å². The van der Waals surface area contributed by atoms with Crippen molar-refractivity contribution in [1.29, 1.82) is 0 Å². The second kappa shape index (κ2) is 9.15. The highest BCUT2D eigenvalue weighted by molar-refractivity contribution is 5.92. The maximum Gasteiger partial charge on any atom is 0.419 e. The van der Waals surface area contributed by atoms with Gasteiger partial charge in [-0.25, -0.2) is 13.8 Å². The molecule has 3 aromatic rings. The summed E-state index contributed by atoms with van der Waals surface area (Å²) in [4.78, 5) is 15.4. The number of aromatic nitrogens is 1. The summed E-state index contributed by atoms with van der Waals surface area (Å²) in [5, 5.41) is 2.25. The number of ether oxygens (including phenoxy) is 2. The lowest BCUT2D eigenvalue weighted by molar-refractivity contribution is -0.140. The highest BCUT2D eigenvalue weighted by atomic mass is 19.4. The number of hydrogen-bond acceptors (Lipinski definition) is 4. The Morgan fingerprint density at radius 2 is 1.32 bits per heavy atom. The zero-order valence-electron chi connectivity index (χ0n) is 16.8. The fraction of sp³-hybridized carbons (Fsp3) is 0.143. The summed E-state index contributed by atoms with van der Waals surface area (Å²) in [5.41, 5.74) is -3.59. The second-order valence-electron chi connectivity index (χ2n) is 6.65. The van der Waals surface area contributed by atoms with Crippen molar-refractivity contribution in [3.05, 3.63) is 71.4 Å². The number of amides is 1. The van der Waals surface area contributed by atoms with E-state index in [9.17, 15) is 39.9 Å². The van der Waals surface area contributed by atoms with Gasteiger partial charge in [-0.15, -0.1) is 0 Å². The van der Waals surface area contributed by atoms with Crippen LogP contribution in [-0.4, -0.2) is 10.9 Å². The van der Waals surface area contributed by atoms with E-state index in [-0.39, 0.29) is 11.4 Å². The minimum atomic E-state index is -5.03. The quantitative estimate of drug-likeness (QED) is 0.392. The number of rotatable bonds is 5. The topological polar surface area (TPSA) is 60.5 Å². The summed E-state index contributed by atoms with van der Waals surface area (Å²) in [7, 11) is 0. The number of alkyl halides is 6. The van der Waals surface area contributed by atoms with Crippen LogP contribution < -0.4 is 14.8 Å². The third-order valence-corrected chi connectivity index (χ3v) is 4.11. The molecule has 0 atom stereocenters. The first kappa shape index (κ1) is 24.7. The van der Waals surface area contributed by atoms with Crippen molar-refractivity contribution in [2.45, 2.75) is 19.3 Å². The Bertz CT molecular complexity index is 1140. The second-order valence-corrected chi connectivity index (χ2v) is 6.65. The normalized spacial score (nSPS) is 11.8. The van der Waals surface area contributed by atoms with Gasteiger partial charge < -0.3 is 14.8 Å². The van der Waals surface area contributed by atoms with Crippen LogP contribution in [0, 0.1) is 11.6 Å². The van der Waals surface area contributed by atoms with E-state index in [1.807, 2.05) is 0 Å². The van der Waals surface area contributed by atoms with Gasteiger partial charge in [-0.05, 0) is 36.4 Å². The Balaban J connectivity index is 2.02. The lowest BCUT2D eigenvalue weighted by Gasteiger charge is -2.16. The third-order valence-electron chi connectivity index (χ3n) is 4.11. The summed E-state index contributed by atoms with van der Waals surface area (Å²) in [5.74, 6) is -5.62. The molecule has 1 heterocycles. The Hall–Kier alpha value is -3.90. The Labute approximate surface area is 185 Å². The molecule has 0 aliphatic heterocycles. The Morgan fingerprint density at radius 1 is 0.824 bits per heavy atom. The van der Waals surface area contributed by atoms with E-state index in [0.717, 1.165) is 31.3 Å². The monoisotopic (exact) mass is 492 g/mol. The van der Waals surface area contributed by atoms with Crippen LogP contribution in [0.5, 0.6) is 23.1 Å². The SMILES string of the molecule is CC(=O)Nc1c(Oc2ccc(F)c(C(F)(F)F)c2)ccnc1Oc1ccc(F)c(C(F)(F)F)c1. The third kappa shape index (κ3) is 5.71. The molecule has 13 heteroatoms. The predicted molar refractivity (Wildman–Crippen MR) is 101 cm³/mol. The fourth-order valence-electron chi connectivity index (χ4n) is 2.69. The van der Waals surface area contributed by atoms with Gasteiger partial charge in [0.2, 0.25) is 11.8 Å². The first-order valence-electron chi connectivity index (χ1n) is 9.11. The van der Waals surface area contributed by atoms with Gasteiger partial charge in [0.15, 0.2) is 5.75 Å². The molecule has 2 aromatic carbocycles. The maximum atomic E-state index is 13.5. The molecule has 0 saturated heterocycles. The summed E-state index contributed by atoms with van der Waals surface area (Å²) in [6.07, 6.45) is -9.02. The van der Waals surface area contributed by atoms with Crippen LogP contribution in [0.4, 0.5) is 40.8 Å². The Morgan fingerprint density at radius 3 is 1.79 bits per heavy atom. The van der Waals surface area contributed by atoms with Crippen LogP contribution in [0.25, 0.3) is 0 Å². The van der Waals surface area contributed by atoms with E-state index >= 15 is 0 Å². The number of hydrogen-bond donors (Lipinski definition) is 1. The molecule has 0 radical (unpaired) electrons. The predicted octanol–water partition coefficient (Wildman–Crippen LogP) is 6.94. The van der Waals surface area contributed by atoms with Crippen LogP contribution >= 0.6 is 0 Å². The van der Waals surface area contributed by atoms with Gasteiger partial charge in [-0.3, -0.25) is 4.79 Å². The molecule has 5 nitrogen and oxygen atoms in total. The fourth-order valence-corrected chi connectivity index (χ4v) is 2.69. The molecule has 0 aliphatic carbocycles. The average molecular weight is 492 g/mol. The van der Waals surface area contributed by atoms with Crippen LogP contribution in [0.1, 0.15) is 18.1 Å². The molecule has 0 unspecified atom stereocenters. The molecule has 0 saturated carbocycles. The van der Waals surface area contributed by atoms with E-state index in [1.165, 1.54) is 0 Å². The van der Waals surface area contributed by atoms with E-state index < -0.39 is 58.4 Å². The molecule has 1 aromatic heterocycles. The summed E-state index contributed by atoms with van der Waals surface area (Å²) < 4.78 is 116. The minimum Gasteiger partial charge on any atom is -0.455 e. The lowest BCUT2D eigenvalue weighted by Crippen LogP contribution is -2.10. The van der Waals surface area contributed by atoms with Gasteiger partial charge in [0.1, 0.15) is 28.8 Å². The van der Waals surface area contributed by atoms with E-state index in [2.05, 4.69) is 10.3 Å². The zero-order chi connectivity index (χ0) is 25.3. The van der Waals surface area contributed by atoms with Gasteiger partial charge in [-0.2, -0.15) is 26.3 Å². The number of pyridine rings is 1. The Kier molecular flexibility index (Phi) is 6.66. The molecular formula is C21H12F8N2O3. The van der Waals surface area contributed by atoms with E-state index in [0.29, 0.717) is 24.3 Å². The molecule has 34 heavy (non-hydrogen) atoms. The van der Waals surface area contributed by atoms with Crippen molar-refractivity contribution >= 4 is 11.6 Å². The molecular weight excluding hydrogens is 480 g/mol. The first-order chi connectivity index (χ1) is 15.8.